The lowest BCUT2D eigenvalue weighted by molar-refractivity contribution is 0.0366. The molecule has 142 valence electrons. The highest BCUT2D eigenvalue weighted by Crippen LogP contribution is 2.22. The molecule has 0 atom stereocenters. The van der Waals surface area contributed by atoms with Gasteiger partial charge in [-0.25, -0.2) is 4.98 Å². The topological polar surface area (TPSA) is 51.5 Å². The van der Waals surface area contributed by atoms with Crippen molar-refractivity contribution in [2.45, 2.75) is 13.1 Å². The van der Waals surface area contributed by atoms with Crippen molar-refractivity contribution < 1.29 is 9.47 Å². The van der Waals surface area contributed by atoms with E-state index in [0.29, 0.717) is 6.54 Å². The molecule has 0 unspecified atom stereocenters. The van der Waals surface area contributed by atoms with Gasteiger partial charge in [0.1, 0.15) is 5.75 Å². The van der Waals surface area contributed by atoms with Crippen molar-refractivity contribution in [1.82, 2.24) is 14.5 Å². The van der Waals surface area contributed by atoms with E-state index < -0.39 is 0 Å². The summed E-state index contributed by atoms with van der Waals surface area (Å²) in [5, 5.41) is 3.51. The average Bonchev–Trinajstić information content (AvgIpc) is 3.09. The fourth-order valence-corrected chi connectivity index (χ4v) is 3.53. The lowest BCUT2D eigenvalue weighted by Crippen LogP contribution is -2.38. The molecule has 0 aliphatic carbocycles. The van der Waals surface area contributed by atoms with E-state index in [2.05, 4.69) is 39.0 Å². The molecule has 0 radical (unpaired) electrons. The summed E-state index contributed by atoms with van der Waals surface area (Å²) in [6.45, 7) is 6.20. The van der Waals surface area contributed by atoms with Gasteiger partial charge in [0.05, 0.1) is 31.4 Å². The zero-order chi connectivity index (χ0) is 18.5. The number of hydrogen-bond donors (Lipinski definition) is 1. The zero-order valence-corrected chi connectivity index (χ0v) is 15.7. The number of morpholine rings is 1. The maximum atomic E-state index is 5.46. The Morgan fingerprint density at radius 2 is 1.81 bits per heavy atom. The predicted molar refractivity (Wildman–Crippen MR) is 107 cm³/mol. The van der Waals surface area contributed by atoms with E-state index in [0.717, 1.165) is 67.7 Å². The summed E-state index contributed by atoms with van der Waals surface area (Å²) >= 11 is 0. The highest BCUT2D eigenvalue weighted by molar-refractivity contribution is 5.78. The molecule has 0 amide bonds. The average molecular weight is 366 g/mol. The second-order valence-electron chi connectivity index (χ2n) is 6.70. The third kappa shape index (κ3) is 4.07. The van der Waals surface area contributed by atoms with Crippen LogP contribution in [0.2, 0.25) is 0 Å². The molecule has 0 bridgehead atoms. The molecule has 0 saturated carbocycles. The number of hydrogen-bond acceptors (Lipinski definition) is 5. The van der Waals surface area contributed by atoms with E-state index in [1.807, 2.05) is 24.3 Å². The van der Waals surface area contributed by atoms with Gasteiger partial charge in [0.25, 0.3) is 0 Å². The molecule has 1 N–H and O–H groups in total. The fourth-order valence-electron chi connectivity index (χ4n) is 3.53. The Labute approximate surface area is 159 Å². The number of rotatable bonds is 7. The maximum absolute atomic E-state index is 5.46. The molecule has 1 aliphatic rings. The second kappa shape index (κ2) is 8.41. The quantitative estimate of drug-likeness (QED) is 0.697. The number of methoxy groups -OCH3 is 1. The summed E-state index contributed by atoms with van der Waals surface area (Å²) in [4.78, 5) is 7.26. The Kier molecular flexibility index (Phi) is 5.55. The van der Waals surface area contributed by atoms with Crippen LogP contribution in [0, 0.1) is 0 Å². The number of aromatic nitrogens is 2. The van der Waals surface area contributed by atoms with E-state index in [1.165, 1.54) is 0 Å². The van der Waals surface area contributed by atoms with Crippen molar-refractivity contribution in [3.8, 4) is 5.75 Å². The largest absolute Gasteiger partial charge is 0.496 e. The minimum Gasteiger partial charge on any atom is -0.496 e. The van der Waals surface area contributed by atoms with Gasteiger partial charge in [-0.15, -0.1) is 0 Å². The highest BCUT2D eigenvalue weighted by Gasteiger charge is 2.14. The van der Waals surface area contributed by atoms with E-state index in [1.54, 1.807) is 7.11 Å². The SMILES string of the molecule is COc1ccccc1CNc1nc2ccccc2n1CCN1CCOCC1. The molecule has 2 heterocycles. The van der Waals surface area contributed by atoms with E-state index in [-0.39, 0.29) is 0 Å². The minimum absolute atomic E-state index is 0.672. The Bertz CT molecular complexity index is 887. The van der Waals surface area contributed by atoms with Gasteiger partial charge in [0, 0.05) is 38.3 Å². The molecular formula is C21H26N4O2. The van der Waals surface area contributed by atoms with Crippen LogP contribution in [0.25, 0.3) is 11.0 Å². The first-order valence-corrected chi connectivity index (χ1v) is 9.46. The first kappa shape index (κ1) is 17.8. The Morgan fingerprint density at radius 3 is 2.67 bits per heavy atom. The van der Waals surface area contributed by atoms with Crippen LogP contribution in [-0.4, -0.2) is 54.4 Å². The Balaban J connectivity index is 1.54. The van der Waals surface area contributed by atoms with Crippen LogP contribution in [0.4, 0.5) is 5.95 Å². The number of nitrogens with one attached hydrogen (secondary N) is 1. The van der Waals surface area contributed by atoms with Crippen molar-refractivity contribution in [3.63, 3.8) is 0 Å². The van der Waals surface area contributed by atoms with Crippen LogP contribution in [0.1, 0.15) is 5.56 Å². The molecule has 1 aromatic heterocycles. The molecule has 1 fully saturated rings. The van der Waals surface area contributed by atoms with Crippen molar-refractivity contribution in [2.75, 3.05) is 45.3 Å². The molecular weight excluding hydrogens is 340 g/mol. The maximum Gasteiger partial charge on any atom is 0.204 e. The van der Waals surface area contributed by atoms with Crippen LogP contribution in [0.15, 0.2) is 48.5 Å². The number of fused-ring (bicyclic) bond motifs is 1. The molecule has 1 aliphatic heterocycles. The van der Waals surface area contributed by atoms with Gasteiger partial charge < -0.3 is 19.4 Å². The molecule has 1 saturated heterocycles. The monoisotopic (exact) mass is 366 g/mol. The van der Waals surface area contributed by atoms with E-state index in [4.69, 9.17) is 14.5 Å². The fraction of sp³-hybridized carbons (Fsp3) is 0.381. The molecule has 6 nitrogen and oxygen atoms in total. The third-order valence-corrected chi connectivity index (χ3v) is 5.03. The lowest BCUT2D eigenvalue weighted by Gasteiger charge is -2.27. The number of ether oxygens (including phenoxy) is 2. The van der Waals surface area contributed by atoms with Gasteiger partial charge in [-0.05, 0) is 18.2 Å². The number of nitrogens with zero attached hydrogens (tertiary/aromatic N) is 3. The minimum atomic E-state index is 0.672. The highest BCUT2D eigenvalue weighted by atomic mass is 16.5. The zero-order valence-electron chi connectivity index (χ0n) is 15.7. The van der Waals surface area contributed by atoms with Crippen LogP contribution in [0.3, 0.4) is 0 Å². The lowest BCUT2D eigenvalue weighted by atomic mass is 10.2. The van der Waals surface area contributed by atoms with Crippen LogP contribution in [-0.2, 0) is 17.8 Å². The molecule has 2 aromatic carbocycles. The number of imidazole rings is 1. The summed E-state index contributed by atoms with van der Waals surface area (Å²) in [6.07, 6.45) is 0. The van der Waals surface area contributed by atoms with Crippen LogP contribution < -0.4 is 10.1 Å². The molecule has 0 spiro atoms. The predicted octanol–water partition coefficient (Wildman–Crippen LogP) is 2.99. The van der Waals surface area contributed by atoms with Crippen LogP contribution >= 0.6 is 0 Å². The van der Waals surface area contributed by atoms with Crippen molar-refractivity contribution in [2.24, 2.45) is 0 Å². The van der Waals surface area contributed by atoms with Gasteiger partial charge >= 0.3 is 0 Å². The van der Waals surface area contributed by atoms with E-state index in [9.17, 15) is 0 Å². The van der Waals surface area contributed by atoms with E-state index >= 15 is 0 Å². The summed E-state index contributed by atoms with van der Waals surface area (Å²) < 4.78 is 13.2. The Hall–Kier alpha value is -2.57. The standard InChI is InChI=1S/C21H26N4O2/c1-26-20-9-5-2-6-17(20)16-22-21-23-18-7-3-4-8-19(18)25(21)11-10-24-12-14-27-15-13-24/h2-9H,10-16H2,1H3,(H,22,23). The summed E-state index contributed by atoms with van der Waals surface area (Å²) in [6, 6.07) is 16.4. The first-order valence-electron chi connectivity index (χ1n) is 9.46. The second-order valence-corrected chi connectivity index (χ2v) is 6.70. The third-order valence-electron chi connectivity index (χ3n) is 5.03. The van der Waals surface area contributed by atoms with Gasteiger partial charge in [0.15, 0.2) is 0 Å². The number of anilines is 1. The molecule has 27 heavy (non-hydrogen) atoms. The first-order chi connectivity index (χ1) is 13.3. The molecule has 4 rings (SSSR count). The van der Waals surface area contributed by atoms with Gasteiger partial charge in [0.2, 0.25) is 5.95 Å². The summed E-state index contributed by atoms with van der Waals surface area (Å²) in [7, 11) is 1.70. The van der Waals surface area contributed by atoms with Gasteiger partial charge in [-0.2, -0.15) is 0 Å². The molecule has 6 heteroatoms. The van der Waals surface area contributed by atoms with Crippen molar-refractivity contribution in [3.05, 3.63) is 54.1 Å². The molecule has 3 aromatic rings. The number of para-hydroxylation sites is 3. The Morgan fingerprint density at radius 1 is 1.04 bits per heavy atom. The van der Waals surface area contributed by atoms with Crippen molar-refractivity contribution in [1.29, 1.82) is 0 Å². The summed E-state index contributed by atoms with van der Waals surface area (Å²) in [5.41, 5.74) is 3.29. The normalized spacial score (nSPS) is 15.1. The summed E-state index contributed by atoms with van der Waals surface area (Å²) in [5.74, 6) is 1.79. The number of benzene rings is 2. The van der Waals surface area contributed by atoms with Crippen LogP contribution in [0.5, 0.6) is 5.75 Å². The van der Waals surface area contributed by atoms with Crippen molar-refractivity contribution >= 4 is 17.0 Å². The van der Waals surface area contributed by atoms with Gasteiger partial charge in [-0.1, -0.05) is 30.3 Å². The smallest absolute Gasteiger partial charge is 0.204 e. The van der Waals surface area contributed by atoms with Gasteiger partial charge in [-0.3, -0.25) is 4.90 Å².